The standard InChI is InChI=1S/C22H34N6O/c1-4-23-22(25-16-21-26-18(2)19(3)29-21)24-10-11-27-12-14-28(15-13-27)17-20-8-6-5-7-9-20/h5-9H,4,10-17H2,1-3H3,(H2,23,24,25). The first-order valence-corrected chi connectivity index (χ1v) is 10.6. The van der Waals surface area contributed by atoms with Gasteiger partial charge in [0, 0.05) is 52.4 Å². The molecule has 2 heterocycles. The molecule has 158 valence electrons. The highest BCUT2D eigenvalue weighted by atomic mass is 16.4. The fraction of sp³-hybridized carbons (Fsp3) is 0.545. The van der Waals surface area contributed by atoms with Gasteiger partial charge in [-0.15, -0.1) is 0 Å². The number of aromatic nitrogens is 1. The van der Waals surface area contributed by atoms with Crippen molar-refractivity contribution < 1.29 is 4.42 Å². The molecule has 2 aromatic rings. The van der Waals surface area contributed by atoms with Crippen molar-refractivity contribution in [1.29, 1.82) is 0 Å². The van der Waals surface area contributed by atoms with Crippen molar-refractivity contribution in [2.24, 2.45) is 4.99 Å². The van der Waals surface area contributed by atoms with Crippen molar-refractivity contribution in [3.05, 3.63) is 53.2 Å². The fourth-order valence-electron chi connectivity index (χ4n) is 3.44. The Hall–Kier alpha value is -2.38. The fourth-order valence-corrected chi connectivity index (χ4v) is 3.44. The largest absolute Gasteiger partial charge is 0.444 e. The van der Waals surface area contributed by atoms with Gasteiger partial charge in [-0.2, -0.15) is 0 Å². The average molecular weight is 399 g/mol. The van der Waals surface area contributed by atoms with Crippen LogP contribution in [0.25, 0.3) is 0 Å². The first-order valence-electron chi connectivity index (χ1n) is 10.6. The molecule has 1 aliphatic rings. The molecule has 0 bridgehead atoms. The lowest BCUT2D eigenvalue weighted by Gasteiger charge is -2.34. The molecular weight excluding hydrogens is 364 g/mol. The van der Waals surface area contributed by atoms with Gasteiger partial charge in [-0.1, -0.05) is 30.3 Å². The second kappa shape index (κ2) is 11.0. The van der Waals surface area contributed by atoms with E-state index in [1.165, 1.54) is 5.56 Å². The Labute approximate surface area is 174 Å². The number of guanidine groups is 1. The maximum absolute atomic E-state index is 5.61. The first kappa shape index (κ1) is 21.3. The van der Waals surface area contributed by atoms with Crippen LogP contribution >= 0.6 is 0 Å². The highest BCUT2D eigenvalue weighted by Crippen LogP contribution is 2.09. The van der Waals surface area contributed by atoms with Crippen LogP contribution in [-0.2, 0) is 13.1 Å². The summed E-state index contributed by atoms with van der Waals surface area (Å²) in [6, 6.07) is 10.7. The quantitative estimate of drug-likeness (QED) is 0.525. The van der Waals surface area contributed by atoms with Crippen LogP contribution in [0, 0.1) is 13.8 Å². The third-order valence-electron chi connectivity index (χ3n) is 5.22. The number of hydrogen-bond acceptors (Lipinski definition) is 5. The number of oxazole rings is 1. The highest BCUT2D eigenvalue weighted by molar-refractivity contribution is 5.79. The van der Waals surface area contributed by atoms with Gasteiger partial charge in [0.1, 0.15) is 12.3 Å². The highest BCUT2D eigenvalue weighted by Gasteiger charge is 2.16. The number of aliphatic imine (C=N–C) groups is 1. The Kier molecular flexibility index (Phi) is 8.07. The molecule has 0 radical (unpaired) electrons. The Morgan fingerprint density at radius 2 is 1.79 bits per heavy atom. The van der Waals surface area contributed by atoms with Crippen LogP contribution in [-0.4, -0.2) is 66.6 Å². The second-order valence-electron chi connectivity index (χ2n) is 7.47. The molecule has 0 spiro atoms. The number of nitrogens with zero attached hydrogens (tertiary/aromatic N) is 4. The predicted molar refractivity (Wildman–Crippen MR) is 117 cm³/mol. The molecule has 0 atom stereocenters. The second-order valence-corrected chi connectivity index (χ2v) is 7.47. The Morgan fingerprint density at radius 3 is 2.45 bits per heavy atom. The summed E-state index contributed by atoms with van der Waals surface area (Å²) in [7, 11) is 0. The minimum Gasteiger partial charge on any atom is -0.444 e. The first-order chi connectivity index (χ1) is 14.1. The predicted octanol–water partition coefficient (Wildman–Crippen LogP) is 2.16. The maximum Gasteiger partial charge on any atom is 0.216 e. The van der Waals surface area contributed by atoms with Crippen molar-refractivity contribution >= 4 is 5.96 Å². The molecule has 1 saturated heterocycles. The number of nitrogens with one attached hydrogen (secondary N) is 2. The molecule has 7 heteroatoms. The lowest BCUT2D eigenvalue weighted by Crippen LogP contribution is -2.49. The van der Waals surface area contributed by atoms with Gasteiger partial charge >= 0.3 is 0 Å². The molecule has 7 nitrogen and oxygen atoms in total. The van der Waals surface area contributed by atoms with Crippen molar-refractivity contribution in [2.75, 3.05) is 45.8 Å². The van der Waals surface area contributed by atoms with Gasteiger partial charge in [-0.05, 0) is 26.3 Å². The zero-order valence-corrected chi connectivity index (χ0v) is 17.9. The Balaban J connectivity index is 1.38. The van der Waals surface area contributed by atoms with E-state index in [4.69, 9.17) is 4.42 Å². The summed E-state index contributed by atoms with van der Waals surface area (Å²) in [4.78, 5) is 14.0. The van der Waals surface area contributed by atoms with E-state index < -0.39 is 0 Å². The van der Waals surface area contributed by atoms with E-state index in [9.17, 15) is 0 Å². The molecule has 1 aromatic carbocycles. The molecule has 2 N–H and O–H groups in total. The van der Waals surface area contributed by atoms with Gasteiger partial charge in [0.05, 0.1) is 5.69 Å². The van der Waals surface area contributed by atoms with E-state index in [2.05, 4.69) is 67.7 Å². The summed E-state index contributed by atoms with van der Waals surface area (Å²) in [5.41, 5.74) is 2.32. The van der Waals surface area contributed by atoms with Crippen molar-refractivity contribution in [3.8, 4) is 0 Å². The lowest BCUT2D eigenvalue weighted by atomic mass is 10.2. The molecule has 1 aromatic heterocycles. The van der Waals surface area contributed by atoms with Gasteiger partial charge in [-0.25, -0.2) is 9.98 Å². The van der Waals surface area contributed by atoms with Gasteiger partial charge < -0.3 is 15.1 Å². The summed E-state index contributed by atoms with van der Waals surface area (Å²) in [5.74, 6) is 2.33. The zero-order chi connectivity index (χ0) is 20.5. The van der Waals surface area contributed by atoms with Crippen LogP contribution in [0.15, 0.2) is 39.7 Å². The Morgan fingerprint density at radius 1 is 1.07 bits per heavy atom. The number of benzene rings is 1. The van der Waals surface area contributed by atoms with Gasteiger partial charge in [0.15, 0.2) is 5.96 Å². The summed E-state index contributed by atoms with van der Waals surface area (Å²) in [5, 5.41) is 6.71. The minimum atomic E-state index is 0.447. The lowest BCUT2D eigenvalue weighted by molar-refractivity contribution is 0.129. The van der Waals surface area contributed by atoms with Gasteiger partial charge in [0.25, 0.3) is 0 Å². The van der Waals surface area contributed by atoms with E-state index in [1.807, 2.05) is 13.8 Å². The molecule has 0 aliphatic carbocycles. The van der Waals surface area contributed by atoms with Crippen molar-refractivity contribution in [1.82, 2.24) is 25.4 Å². The maximum atomic E-state index is 5.61. The normalized spacial score (nSPS) is 16.2. The van der Waals surface area contributed by atoms with Crippen molar-refractivity contribution in [2.45, 2.75) is 33.9 Å². The smallest absolute Gasteiger partial charge is 0.216 e. The topological polar surface area (TPSA) is 68.9 Å². The van der Waals surface area contributed by atoms with Crippen LogP contribution < -0.4 is 10.6 Å². The number of rotatable bonds is 8. The number of piperazine rings is 1. The molecule has 29 heavy (non-hydrogen) atoms. The summed E-state index contributed by atoms with van der Waals surface area (Å²) in [6.07, 6.45) is 0. The van der Waals surface area contributed by atoms with Crippen LogP contribution in [0.2, 0.25) is 0 Å². The molecule has 1 fully saturated rings. The molecule has 1 aliphatic heterocycles. The Bertz CT molecular complexity index is 745. The zero-order valence-electron chi connectivity index (χ0n) is 17.9. The number of aryl methyl sites for hydroxylation is 2. The van der Waals surface area contributed by atoms with Crippen molar-refractivity contribution in [3.63, 3.8) is 0 Å². The summed E-state index contributed by atoms with van der Waals surface area (Å²) >= 11 is 0. The van der Waals surface area contributed by atoms with Crippen LogP contribution in [0.5, 0.6) is 0 Å². The van der Waals surface area contributed by atoms with Crippen LogP contribution in [0.4, 0.5) is 0 Å². The molecule has 0 saturated carbocycles. The van der Waals surface area contributed by atoms with E-state index in [1.54, 1.807) is 0 Å². The third kappa shape index (κ3) is 6.87. The SMILES string of the molecule is CCNC(=NCc1nc(C)c(C)o1)NCCN1CCN(Cc2ccccc2)CC1. The molecular formula is C22H34N6O. The summed E-state index contributed by atoms with van der Waals surface area (Å²) in [6.45, 7) is 14.6. The van der Waals surface area contributed by atoms with Gasteiger partial charge in [-0.3, -0.25) is 9.80 Å². The average Bonchev–Trinajstić information content (AvgIpc) is 3.06. The molecule has 0 amide bonds. The number of hydrogen-bond donors (Lipinski definition) is 2. The minimum absolute atomic E-state index is 0.447. The van der Waals surface area contributed by atoms with E-state index in [0.717, 1.165) is 69.8 Å². The molecule has 0 unspecified atom stereocenters. The van der Waals surface area contributed by atoms with E-state index in [0.29, 0.717) is 12.4 Å². The molecule has 3 rings (SSSR count). The van der Waals surface area contributed by atoms with Crippen LogP contribution in [0.1, 0.15) is 29.8 Å². The third-order valence-corrected chi connectivity index (χ3v) is 5.22. The van der Waals surface area contributed by atoms with E-state index >= 15 is 0 Å². The monoisotopic (exact) mass is 398 g/mol. The van der Waals surface area contributed by atoms with Gasteiger partial charge in [0.2, 0.25) is 5.89 Å². The van der Waals surface area contributed by atoms with Crippen LogP contribution in [0.3, 0.4) is 0 Å². The summed E-state index contributed by atoms with van der Waals surface area (Å²) < 4.78 is 5.61. The van der Waals surface area contributed by atoms with E-state index in [-0.39, 0.29) is 0 Å².